The van der Waals surface area contributed by atoms with Gasteiger partial charge in [0.05, 0.1) is 30.9 Å². The van der Waals surface area contributed by atoms with Gasteiger partial charge in [0, 0.05) is 32.2 Å². The van der Waals surface area contributed by atoms with Crippen LogP contribution in [-0.2, 0) is 27.9 Å². The highest BCUT2D eigenvalue weighted by molar-refractivity contribution is 5.95. The minimum atomic E-state index is -5.08. The largest absolute Gasteiger partial charge is 0.490 e. The third-order valence-electron chi connectivity index (χ3n) is 5.52. The Morgan fingerprint density at radius 3 is 2.63 bits per heavy atom. The number of amides is 1. The van der Waals surface area contributed by atoms with E-state index in [0.717, 1.165) is 12.0 Å². The van der Waals surface area contributed by atoms with Crippen LogP contribution in [0.5, 0.6) is 0 Å². The van der Waals surface area contributed by atoms with Gasteiger partial charge in [-0.3, -0.25) is 14.5 Å². The lowest BCUT2D eigenvalue weighted by molar-refractivity contribution is -0.192. The average Bonchev–Trinajstić information content (AvgIpc) is 3.32. The van der Waals surface area contributed by atoms with Crippen LogP contribution in [0.4, 0.5) is 22.0 Å². The fourth-order valence-corrected chi connectivity index (χ4v) is 4.02. The summed E-state index contributed by atoms with van der Waals surface area (Å²) >= 11 is 0. The van der Waals surface area contributed by atoms with E-state index in [2.05, 4.69) is 10.1 Å². The van der Waals surface area contributed by atoms with Gasteiger partial charge < -0.3 is 19.5 Å². The second-order valence-corrected chi connectivity index (χ2v) is 7.89. The summed E-state index contributed by atoms with van der Waals surface area (Å²) in [4.78, 5) is 27.7. The lowest BCUT2D eigenvalue weighted by Gasteiger charge is -2.31. The monoisotopic (exact) mass is 506 g/mol. The minimum absolute atomic E-state index is 0.0612. The molecule has 0 radical (unpaired) electrons. The minimum Gasteiger partial charge on any atom is -0.475 e. The maximum absolute atomic E-state index is 13.3. The Kier molecular flexibility index (Phi) is 8.38. The Bertz CT molecular complexity index is 1020. The van der Waals surface area contributed by atoms with Crippen LogP contribution in [0.2, 0.25) is 0 Å². The van der Waals surface area contributed by atoms with E-state index in [-0.39, 0.29) is 23.8 Å². The highest BCUT2D eigenvalue weighted by Gasteiger charge is 2.45. The Morgan fingerprint density at radius 2 is 2.03 bits per heavy atom. The van der Waals surface area contributed by atoms with E-state index in [1.165, 1.54) is 17.9 Å². The molecule has 1 amide bonds. The molecule has 192 valence electrons. The van der Waals surface area contributed by atoms with Crippen LogP contribution < -0.4 is 0 Å². The van der Waals surface area contributed by atoms with Crippen LogP contribution in [0, 0.1) is 0 Å². The fraction of sp³-hybridized carbons (Fsp3) is 0.524. The van der Waals surface area contributed by atoms with E-state index in [1.807, 2.05) is 12.1 Å². The number of carboxylic acids is 1. The van der Waals surface area contributed by atoms with E-state index in [4.69, 9.17) is 19.4 Å². The topological polar surface area (TPSA) is 107 Å². The van der Waals surface area contributed by atoms with Crippen molar-refractivity contribution in [2.24, 2.45) is 7.05 Å². The molecule has 2 aliphatic rings. The number of carbonyl (C=O) groups is 2. The SMILES string of the molecule is Cn1cc(C(=O)N2CCOC3CCC2C3OCc2cccnc2)c(C(F)F)n1.O=C(O)C(F)(F)F. The normalized spacial score (nSPS) is 21.9. The summed E-state index contributed by atoms with van der Waals surface area (Å²) in [5.41, 5.74) is 0.380. The number of aromatic nitrogens is 3. The Hall–Kier alpha value is -3.13. The number of hydrogen-bond donors (Lipinski definition) is 1. The lowest BCUT2D eigenvalue weighted by Crippen LogP contribution is -2.46. The number of carboxylic acid groups (broad SMARTS) is 1. The summed E-state index contributed by atoms with van der Waals surface area (Å²) in [5, 5.41) is 10.9. The molecule has 1 aliphatic heterocycles. The maximum Gasteiger partial charge on any atom is 0.490 e. The van der Waals surface area contributed by atoms with Crippen molar-refractivity contribution in [1.29, 1.82) is 0 Å². The van der Waals surface area contributed by atoms with Gasteiger partial charge in [0.15, 0.2) is 0 Å². The number of rotatable bonds is 5. The molecule has 0 spiro atoms. The summed E-state index contributed by atoms with van der Waals surface area (Å²) in [7, 11) is 1.53. The predicted molar refractivity (Wildman–Crippen MR) is 108 cm³/mol. The van der Waals surface area contributed by atoms with Crippen LogP contribution >= 0.6 is 0 Å². The molecule has 35 heavy (non-hydrogen) atoms. The van der Waals surface area contributed by atoms with Gasteiger partial charge >= 0.3 is 12.1 Å². The maximum atomic E-state index is 13.3. The number of carbonyl (C=O) groups excluding carboxylic acids is 1. The van der Waals surface area contributed by atoms with Crippen molar-refractivity contribution in [1.82, 2.24) is 19.7 Å². The molecule has 1 aliphatic carbocycles. The molecular formula is C21H23F5N4O5. The zero-order valence-corrected chi connectivity index (χ0v) is 18.5. The predicted octanol–water partition coefficient (Wildman–Crippen LogP) is 2.97. The summed E-state index contributed by atoms with van der Waals surface area (Å²) in [6.45, 7) is 1.04. The molecule has 1 N–H and O–H groups in total. The summed E-state index contributed by atoms with van der Waals surface area (Å²) < 4.78 is 71.6. The van der Waals surface area contributed by atoms with Gasteiger partial charge in [-0.1, -0.05) is 6.07 Å². The molecule has 4 rings (SSSR count). The van der Waals surface area contributed by atoms with Crippen LogP contribution in [0.3, 0.4) is 0 Å². The molecule has 9 nitrogen and oxygen atoms in total. The van der Waals surface area contributed by atoms with Crippen molar-refractivity contribution in [2.45, 2.75) is 50.3 Å². The van der Waals surface area contributed by atoms with Crippen molar-refractivity contribution in [3.05, 3.63) is 47.5 Å². The van der Waals surface area contributed by atoms with Gasteiger partial charge in [-0.05, 0) is 24.5 Å². The fourth-order valence-electron chi connectivity index (χ4n) is 4.02. The second kappa shape index (κ2) is 11.1. The molecule has 1 saturated heterocycles. The molecule has 3 atom stereocenters. The second-order valence-electron chi connectivity index (χ2n) is 7.89. The van der Waals surface area contributed by atoms with Gasteiger partial charge in [-0.25, -0.2) is 13.6 Å². The molecule has 2 fully saturated rings. The van der Waals surface area contributed by atoms with Crippen molar-refractivity contribution >= 4 is 11.9 Å². The third kappa shape index (κ3) is 6.51. The van der Waals surface area contributed by atoms with Crippen LogP contribution in [0.1, 0.15) is 40.9 Å². The summed E-state index contributed by atoms with van der Waals surface area (Å²) in [6.07, 6.45) is -2.06. The van der Waals surface area contributed by atoms with Gasteiger partial charge in [0.2, 0.25) is 0 Å². The zero-order chi connectivity index (χ0) is 25.8. The first-order valence-electron chi connectivity index (χ1n) is 10.5. The van der Waals surface area contributed by atoms with Crippen molar-refractivity contribution in [3.63, 3.8) is 0 Å². The molecule has 0 aromatic carbocycles. The van der Waals surface area contributed by atoms with Gasteiger partial charge in [0.1, 0.15) is 11.8 Å². The first-order chi connectivity index (χ1) is 16.5. The number of ether oxygens (including phenoxy) is 2. The molecule has 2 aromatic heterocycles. The number of alkyl halides is 5. The Balaban J connectivity index is 0.000000429. The number of aliphatic carboxylic acids is 1. The average molecular weight is 506 g/mol. The molecule has 2 aromatic rings. The quantitative estimate of drug-likeness (QED) is 0.622. The first kappa shape index (κ1) is 26.5. The summed E-state index contributed by atoms with van der Waals surface area (Å²) in [6, 6.07) is 3.53. The smallest absolute Gasteiger partial charge is 0.475 e. The lowest BCUT2D eigenvalue weighted by atomic mass is 10.1. The Labute approximate surface area is 196 Å². The molecule has 1 saturated carbocycles. The van der Waals surface area contributed by atoms with E-state index in [9.17, 15) is 26.7 Å². The molecular weight excluding hydrogens is 483 g/mol. The highest BCUT2D eigenvalue weighted by Crippen LogP contribution is 2.34. The molecule has 2 bridgehead atoms. The van der Waals surface area contributed by atoms with Gasteiger partial charge in [-0.15, -0.1) is 0 Å². The first-order valence-corrected chi connectivity index (χ1v) is 10.5. The highest BCUT2D eigenvalue weighted by atomic mass is 19.4. The van der Waals surface area contributed by atoms with E-state index >= 15 is 0 Å². The number of aryl methyl sites for hydroxylation is 1. The number of pyridine rings is 1. The molecule has 3 unspecified atom stereocenters. The summed E-state index contributed by atoms with van der Waals surface area (Å²) in [5.74, 6) is -3.21. The third-order valence-corrected chi connectivity index (χ3v) is 5.52. The number of nitrogens with zero attached hydrogens (tertiary/aromatic N) is 4. The zero-order valence-electron chi connectivity index (χ0n) is 18.5. The Morgan fingerprint density at radius 1 is 1.31 bits per heavy atom. The number of halogens is 5. The molecule has 3 heterocycles. The van der Waals surface area contributed by atoms with Gasteiger partial charge in [-0.2, -0.15) is 18.3 Å². The van der Waals surface area contributed by atoms with Crippen molar-refractivity contribution < 1.29 is 46.1 Å². The number of fused-ring (bicyclic) bond motifs is 2. The van der Waals surface area contributed by atoms with E-state index in [0.29, 0.717) is 26.2 Å². The van der Waals surface area contributed by atoms with E-state index in [1.54, 1.807) is 17.3 Å². The van der Waals surface area contributed by atoms with Crippen LogP contribution in [0.25, 0.3) is 0 Å². The molecule has 14 heteroatoms. The van der Waals surface area contributed by atoms with Crippen LogP contribution in [-0.4, -0.2) is 74.2 Å². The standard InChI is InChI=1S/C19H22F2N4O3.C2HF3O2/c1-24-10-13(16(23-24)18(20)21)19(26)25-7-8-27-15-5-4-14(25)17(15)28-11-12-3-2-6-22-9-12;3-2(4,5)1(6)7/h2-3,6,9-10,14-15,17-18H,4-5,7-8,11H2,1H3;(H,6,7). The van der Waals surface area contributed by atoms with Gasteiger partial charge in [0.25, 0.3) is 12.3 Å². The van der Waals surface area contributed by atoms with Crippen molar-refractivity contribution in [2.75, 3.05) is 13.2 Å². The van der Waals surface area contributed by atoms with Crippen molar-refractivity contribution in [3.8, 4) is 0 Å². The van der Waals surface area contributed by atoms with Crippen LogP contribution in [0.15, 0.2) is 30.7 Å². The number of hydrogen-bond acceptors (Lipinski definition) is 6. The van der Waals surface area contributed by atoms with E-state index < -0.39 is 30.2 Å².